The molecule has 1 aromatic carbocycles. The molecule has 1 aromatic rings. The van der Waals surface area contributed by atoms with Crippen LogP contribution in [0.25, 0.3) is 0 Å². The van der Waals surface area contributed by atoms with Crippen LogP contribution in [0.4, 0.5) is 5.69 Å². The van der Waals surface area contributed by atoms with Crippen molar-refractivity contribution >= 4 is 15.7 Å². The standard InChI is InChI=1S/C12H18N2O4S/c1-13-5-8-19(15,16)14-10-3-4-11-12(9-10)18-7-2-6-17-11/h3-4,9,13-14H,2,5-8H2,1H3. The van der Waals surface area contributed by atoms with Crippen LogP contribution in [0.15, 0.2) is 18.2 Å². The molecule has 0 fully saturated rings. The second-order valence-electron chi connectivity index (χ2n) is 4.24. The first-order chi connectivity index (χ1) is 9.11. The van der Waals surface area contributed by atoms with Crippen molar-refractivity contribution in [1.82, 2.24) is 5.32 Å². The van der Waals surface area contributed by atoms with Gasteiger partial charge in [0, 0.05) is 19.0 Å². The molecule has 0 amide bonds. The molecule has 0 saturated heterocycles. The van der Waals surface area contributed by atoms with Gasteiger partial charge >= 0.3 is 0 Å². The summed E-state index contributed by atoms with van der Waals surface area (Å²) in [6.45, 7) is 1.59. The lowest BCUT2D eigenvalue weighted by Crippen LogP contribution is -2.24. The largest absolute Gasteiger partial charge is 0.490 e. The Morgan fingerprint density at radius 1 is 1.21 bits per heavy atom. The van der Waals surface area contributed by atoms with Crippen molar-refractivity contribution in [3.05, 3.63) is 18.2 Å². The number of fused-ring (bicyclic) bond motifs is 1. The van der Waals surface area contributed by atoms with Gasteiger partial charge in [0.2, 0.25) is 10.0 Å². The van der Waals surface area contributed by atoms with E-state index in [1.54, 1.807) is 25.2 Å². The van der Waals surface area contributed by atoms with E-state index in [1.807, 2.05) is 0 Å². The molecule has 0 radical (unpaired) electrons. The zero-order chi connectivity index (χ0) is 13.7. The third kappa shape index (κ3) is 4.00. The molecule has 0 spiro atoms. The van der Waals surface area contributed by atoms with E-state index < -0.39 is 10.0 Å². The van der Waals surface area contributed by atoms with Gasteiger partial charge in [-0.25, -0.2) is 8.42 Å². The number of sulfonamides is 1. The molecule has 1 aliphatic heterocycles. The van der Waals surface area contributed by atoms with Gasteiger partial charge in [0.25, 0.3) is 0 Å². The van der Waals surface area contributed by atoms with Gasteiger partial charge in [-0.15, -0.1) is 0 Å². The Bertz CT molecular complexity index is 531. The maximum Gasteiger partial charge on any atom is 0.233 e. The second kappa shape index (κ2) is 6.12. The van der Waals surface area contributed by atoms with Crippen LogP contribution < -0.4 is 19.5 Å². The first kappa shape index (κ1) is 14.0. The van der Waals surface area contributed by atoms with Gasteiger partial charge in [-0.3, -0.25) is 4.72 Å². The topological polar surface area (TPSA) is 76.7 Å². The molecule has 0 bridgehead atoms. The summed E-state index contributed by atoms with van der Waals surface area (Å²) in [5.74, 6) is 1.25. The van der Waals surface area contributed by atoms with Gasteiger partial charge in [-0.2, -0.15) is 0 Å². The van der Waals surface area contributed by atoms with E-state index in [0.29, 0.717) is 36.9 Å². The van der Waals surface area contributed by atoms with Crippen LogP contribution in [0.3, 0.4) is 0 Å². The molecule has 0 aromatic heterocycles. The minimum absolute atomic E-state index is 0.0257. The molecular weight excluding hydrogens is 268 g/mol. The third-order valence-corrected chi connectivity index (χ3v) is 3.93. The molecule has 1 aliphatic rings. The maximum absolute atomic E-state index is 11.8. The fraction of sp³-hybridized carbons (Fsp3) is 0.500. The van der Waals surface area contributed by atoms with Crippen molar-refractivity contribution in [2.75, 3.05) is 37.3 Å². The predicted octanol–water partition coefficient (Wildman–Crippen LogP) is 0.809. The summed E-state index contributed by atoms with van der Waals surface area (Å²) in [6.07, 6.45) is 0.817. The van der Waals surface area contributed by atoms with Crippen molar-refractivity contribution in [3.8, 4) is 11.5 Å². The molecule has 6 nitrogen and oxygen atoms in total. The van der Waals surface area contributed by atoms with Crippen molar-refractivity contribution in [1.29, 1.82) is 0 Å². The van der Waals surface area contributed by atoms with Gasteiger partial charge in [-0.1, -0.05) is 0 Å². The van der Waals surface area contributed by atoms with Crippen LogP contribution in [-0.2, 0) is 10.0 Å². The Balaban J connectivity index is 2.11. The van der Waals surface area contributed by atoms with Gasteiger partial charge in [0.15, 0.2) is 11.5 Å². The zero-order valence-electron chi connectivity index (χ0n) is 10.8. The second-order valence-corrected chi connectivity index (χ2v) is 6.08. The Morgan fingerprint density at radius 2 is 1.95 bits per heavy atom. The van der Waals surface area contributed by atoms with E-state index in [2.05, 4.69) is 10.0 Å². The first-order valence-electron chi connectivity index (χ1n) is 6.15. The van der Waals surface area contributed by atoms with Crippen molar-refractivity contribution in [2.24, 2.45) is 0 Å². The van der Waals surface area contributed by atoms with Crippen LogP contribution in [0.5, 0.6) is 11.5 Å². The summed E-state index contributed by atoms with van der Waals surface area (Å²) in [7, 11) is -1.63. The minimum atomic E-state index is -3.34. The Hall–Kier alpha value is -1.47. The number of nitrogens with one attached hydrogen (secondary N) is 2. The molecule has 1 heterocycles. The lowest BCUT2D eigenvalue weighted by Gasteiger charge is -2.11. The smallest absolute Gasteiger partial charge is 0.233 e. The maximum atomic E-state index is 11.8. The average molecular weight is 286 g/mol. The number of ether oxygens (including phenoxy) is 2. The van der Waals surface area contributed by atoms with E-state index in [-0.39, 0.29) is 5.75 Å². The molecular formula is C12H18N2O4S. The SMILES string of the molecule is CNCCS(=O)(=O)Nc1ccc2c(c1)OCCCO2. The molecule has 7 heteroatoms. The van der Waals surface area contributed by atoms with Gasteiger partial charge < -0.3 is 14.8 Å². The minimum Gasteiger partial charge on any atom is -0.490 e. The number of hydrogen-bond acceptors (Lipinski definition) is 5. The van der Waals surface area contributed by atoms with Crippen LogP contribution in [0, 0.1) is 0 Å². The zero-order valence-corrected chi connectivity index (χ0v) is 11.6. The monoisotopic (exact) mass is 286 g/mol. The highest BCUT2D eigenvalue weighted by Gasteiger charge is 2.14. The normalized spacial score (nSPS) is 14.8. The molecule has 2 rings (SSSR count). The fourth-order valence-electron chi connectivity index (χ4n) is 1.69. The highest BCUT2D eigenvalue weighted by Crippen LogP contribution is 2.32. The molecule has 19 heavy (non-hydrogen) atoms. The lowest BCUT2D eigenvalue weighted by atomic mass is 10.3. The first-order valence-corrected chi connectivity index (χ1v) is 7.81. The quantitative estimate of drug-likeness (QED) is 0.837. The molecule has 2 N–H and O–H groups in total. The molecule has 0 aliphatic carbocycles. The van der Waals surface area contributed by atoms with E-state index in [1.165, 1.54) is 0 Å². The van der Waals surface area contributed by atoms with Crippen LogP contribution in [0.2, 0.25) is 0 Å². The average Bonchev–Trinajstić information content (AvgIpc) is 2.60. The number of rotatable bonds is 5. The van der Waals surface area contributed by atoms with Crippen molar-refractivity contribution < 1.29 is 17.9 Å². The predicted molar refractivity (Wildman–Crippen MR) is 73.4 cm³/mol. The lowest BCUT2D eigenvalue weighted by molar-refractivity contribution is 0.297. The van der Waals surface area contributed by atoms with E-state index in [9.17, 15) is 8.42 Å². The Morgan fingerprint density at radius 3 is 2.68 bits per heavy atom. The Kier molecular flexibility index (Phi) is 4.49. The summed E-state index contributed by atoms with van der Waals surface area (Å²) in [4.78, 5) is 0. The van der Waals surface area contributed by atoms with Gasteiger partial charge in [0.05, 0.1) is 24.7 Å². The summed E-state index contributed by atoms with van der Waals surface area (Å²) in [5, 5.41) is 2.80. The fourth-order valence-corrected chi connectivity index (χ4v) is 2.75. The highest BCUT2D eigenvalue weighted by atomic mass is 32.2. The van der Waals surface area contributed by atoms with Crippen molar-refractivity contribution in [2.45, 2.75) is 6.42 Å². The number of hydrogen-bond donors (Lipinski definition) is 2. The van der Waals surface area contributed by atoms with E-state index >= 15 is 0 Å². The van der Waals surface area contributed by atoms with Crippen molar-refractivity contribution in [3.63, 3.8) is 0 Å². The molecule has 106 valence electrons. The molecule has 0 unspecified atom stereocenters. The number of benzene rings is 1. The molecule has 0 atom stereocenters. The summed E-state index contributed by atoms with van der Waals surface area (Å²) in [6, 6.07) is 5.04. The summed E-state index contributed by atoms with van der Waals surface area (Å²) < 4.78 is 37.1. The van der Waals surface area contributed by atoms with Crippen LogP contribution in [-0.4, -0.2) is 41.0 Å². The van der Waals surface area contributed by atoms with Crippen LogP contribution >= 0.6 is 0 Å². The van der Waals surface area contributed by atoms with Gasteiger partial charge in [0.1, 0.15) is 0 Å². The van der Waals surface area contributed by atoms with Gasteiger partial charge in [-0.05, 0) is 19.2 Å². The van der Waals surface area contributed by atoms with Crippen LogP contribution in [0.1, 0.15) is 6.42 Å². The van der Waals surface area contributed by atoms with E-state index in [0.717, 1.165) is 6.42 Å². The Labute approximate surface area is 113 Å². The molecule has 0 saturated carbocycles. The highest BCUT2D eigenvalue weighted by molar-refractivity contribution is 7.92. The summed E-state index contributed by atoms with van der Waals surface area (Å²) >= 11 is 0. The third-order valence-electron chi connectivity index (χ3n) is 2.64. The van der Waals surface area contributed by atoms with E-state index in [4.69, 9.17) is 9.47 Å². The number of anilines is 1. The summed E-state index contributed by atoms with van der Waals surface area (Å²) in [5.41, 5.74) is 0.486.